The van der Waals surface area contributed by atoms with Crippen molar-refractivity contribution in [2.45, 2.75) is 232 Å². The highest BCUT2D eigenvalue weighted by atomic mass is 16.5. The molecule has 0 aliphatic rings. The summed E-state index contributed by atoms with van der Waals surface area (Å²) in [7, 11) is 0. The minimum Gasteiger partial charge on any atom is -0.490 e. The number of nitrogens with one attached hydrogen (secondary N) is 3. The summed E-state index contributed by atoms with van der Waals surface area (Å²) in [6.45, 7) is 11.5. The van der Waals surface area contributed by atoms with Crippen LogP contribution in [0.2, 0.25) is 0 Å². The van der Waals surface area contributed by atoms with Crippen molar-refractivity contribution in [3.05, 3.63) is 48.1 Å². The van der Waals surface area contributed by atoms with Crippen molar-refractivity contribution in [1.82, 2.24) is 16.0 Å². The topological polar surface area (TPSA) is 97.6 Å². The molecule has 0 aliphatic heterocycles. The van der Waals surface area contributed by atoms with Crippen molar-refractivity contribution in [3.8, 4) is 11.5 Å². The zero-order valence-electron chi connectivity index (χ0n) is 41.0. The second kappa shape index (κ2) is 48.1. The van der Waals surface area contributed by atoms with Gasteiger partial charge in [0.1, 0.15) is 0 Å². The van der Waals surface area contributed by atoms with Crippen LogP contribution >= 0.6 is 0 Å². The van der Waals surface area contributed by atoms with Crippen LogP contribution in [-0.2, 0) is 0 Å². The molecule has 0 saturated heterocycles. The maximum absolute atomic E-state index is 13.1. The number of hydrogen-bond acceptors (Lipinski definition) is 6. The zero-order valence-corrected chi connectivity index (χ0v) is 41.0. The molecule has 0 fully saturated rings. The summed E-state index contributed by atoms with van der Waals surface area (Å²) in [5.41, 5.74) is 6.20. The zero-order chi connectivity index (χ0) is 44.5. The molecule has 0 radical (unpaired) electrons. The van der Waals surface area contributed by atoms with Gasteiger partial charge in [0, 0.05) is 12.1 Å². The number of rotatable bonds is 49. The summed E-state index contributed by atoms with van der Waals surface area (Å²) < 4.78 is 12.6. The Kier molecular flexibility index (Phi) is 44.8. The first-order chi connectivity index (χ1) is 30.7. The first kappa shape index (κ1) is 57.7. The van der Waals surface area contributed by atoms with Crippen LogP contribution < -0.4 is 31.2 Å². The molecule has 0 aliphatic carbocycles. The van der Waals surface area contributed by atoms with Gasteiger partial charge in [-0.25, -0.2) is 0 Å². The number of benzene rings is 1. The highest BCUT2D eigenvalue weighted by Gasteiger charge is 2.12. The molecular weight excluding hydrogens is 765 g/mol. The van der Waals surface area contributed by atoms with Crippen molar-refractivity contribution >= 4 is 5.91 Å². The van der Waals surface area contributed by atoms with Crippen LogP contribution in [0.5, 0.6) is 11.5 Å². The average Bonchev–Trinajstić information content (AvgIpc) is 3.28. The minimum absolute atomic E-state index is 0.0427. The van der Waals surface area contributed by atoms with Crippen molar-refractivity contribution in [1.29, 1.82) is 0 Å². The Morgan fingerprint density at radius 1 is 0.452 bits per heavy atom. The first-order valence-electron chi connectivity index (χ1n) is 26.8. The van der Waals surface area contributed by atoms with Crippen LogP contribution in [0, 0.1) is 0 Å². The first-order valence-corrected chi connectivity index (χ1v) is 26.8. The van der Waals surface area contributed by atoms with Crippen LogP contribution in [0.1, 0.15) is 243 Å². The lowest BCUT2D eigenvalue weighted by Crippen LogP contribution is -2.25. The summed E-state index contributed by atoms with van der Waals surface area (Å²) in [6, 6.07) is 5.71. The van der Waals surface area contributed by atoms with Crippen molar-refractivity contribution in [2.75, 3.05) is 52.5 Å². The monoisotopic (exact) mass is 867 g/mol. The second-order valence-corrected chi connectivity index (χ2v) is 17.9. The van der Waals surface area contributed by atoms with Gasteiger partial charge in [0.25, 0.3) is 5.91 Å². The Labute approximate surface area is 384 Å². The van der Waals surface area contributed by atoms with Gasteiger partial charge in [0.15, 0.2) is 11.5 Å². The molecule has 0 saturated carbocycles. The molecule has 7 heteroatoms. The van der Waals surface area contributed by atoms with Gasteiger partial charge in [-0.05, 0) is 154 Å². The number of hydrogen-bond donors (Lipinski definition) is 4. The van der Waals surface area contributed by atoms with E-state index in [2.05, 4.69) is 54.1 Å². The molecule has 7 nitrogen and oxygen atoms in total. The summed E-state index contributed by atoms with van der Waals surface area (Å²) in [5.74, 6) is 1.41. The predicted octanol–water partition coefficient (Wildman–Crippen LogP) is 14.7. The molecule has 0 heterocycles. The number of ether oxygens (including phenoxy) is 2. The number of carbonyl (C=O) groups is 1. The largest absolute Gasteiger partial charge is 0.490 e. The van der Waals surface area contributed by atoms with Crippen molar-refractivity contribution in [3.63, 3.8) is 0 Å². The van der Waals surface area contributed by atoms with E-state index < -0.39 is 0 Å². The van der Waals surface area contributed by atoms with E-state index in [1.54, 1.807) is 0 Å². The van der Waals surface area contributed by atoms with Crippen molar-refractivity contribution in [2.24, 2.45) is 5.73 Å². The summed E-state index contributed by atoms with van der Waals surface area (Å²) in [6.07, 6.45) is 52.4. The fraction of sp³-hybridized carbons (Fsp3) is 0.800. The van der Waals surface area contributed by atoms with Crippen LogP contribution in [0.25, 0.3) is 0 Å². The third-order valence-corrected chi connectivity index (χ3v) is 11.9. The fourth-order valence-corrected chi connectivity index (χ4v) is 7.77. The summed E-state index contributed by atoms with van der Waals surface area (Å²) >= 11 is 0. The Balaban J connectivity index is 2.36. The molecule has 1 rings (SSSR count). The summed E-state index contributed by atoms with van der Waals surface area (Å²) in [5, 5.41) is 10.2. The Morgan fingerprint density at radius 3 is 1.26 bits per heavy atom. The summed E-state index contributed by atoms with van der Waals surface area (Å²) in [4.78, 5) is 13.1. The van der Waals surface area contributed by atoms with Gasteiger partial charge in [-0.2, -0.15) is 0 Å². The standard InChI is InChI=1S/C55H102N4O3/c1-3-5-7-9-11-13-15-17-19-21-23-25-27-29-31-39-49-61-53-42-41-52(55(60)59-48-38-37-47-58-46-36-35-45-57-44-34-33-43-56)51-54(53)62-50-40-32-30-28-26-24-22-20-18-16-14-12-10-8-6-4-2/h17-20,41-42,51,57-58H,3-16,21-40,43-50,56H2,1-2H3,(H,59,60). The predicted molar refractivity (Wildman–Crippen MR) is 271 cm³/mol. The van der Waals surface area contributed by atoms with Crippen LogP contribution in [-0.4, -0.2) is 58.4 Å². The number of unbranched alkanes of at least 4 members (excludes halogenated alkanes) is 27. The molecule has 1 amide bonds. The van der Waals surface area contributed by atoms with Gasteiger partial charge in [-0.1, -0.05) is 154 Å². The normalized spacial score (nSPS) is 11.7. The molecule has 1 aromatic rings. The fourth-order valence-electron chi connectivity index (χ4n) is 7.77. The van der Waals surface area contributed by atoms with E-state index in [0.29, 0.717) is 31.1 Å². The lowest BCUT2D eigenvalue weighted by molar-refractivity contribution is 0.0952. The Bertz CT molecular complexity index is 1140. The van der Waals surface area contributed by atoms with E-state index in [1.165, 1.54) is 180 Å². The molecule has 0 unspecified atom stereocenters. The highest BCUT2D eigenvalue weighted by molar-refractivity contribution is 5.94. The van der Waals surface area contributed by atoms with E-state index >= 15 is 0 Å². The lowest BCUT2D eigenvalue weighted by Gasteiger charge is -2.15. The van der Waals surface area contributed by atoms with E-state index in [0.717, 1.165) is 77.0 Å². The maximum Gasteiger partial charge on any atom is 0.251 e. The molecule has 0 bridgehead atoms. The maximum atomic E-state index is 13.1. The SMILES string of the molecule is CCCCCCCCC=CCCCCCCCCOc1ccc(C(=O)NCCCCNCCCCNCCCCN)cc1OCCCCCCCCC=CCCCCCCCC. The molecule has 0 atom stereocenters. The van der Waals surface area contributed by atoms with E-state index in [4.69, 9.17) is 15.2 Å². The molecule has 1 aromatic carbocycles. The van der Waals surface area contributed by atoms with Gasteiger partial charge in [-0.3, -0.25) is 4.79 Å². The minimum atomic E-state index is -0.0427. The molecule has 0 spiro atoms. The number of allylic oxidation sites excluding steroid dienone is 4. The number of nitrogens with two attached hydrogens (primary N) is 1. The third kappa shape index (κ3) is 39.3. The smallest absolute Gasteiger partial charge is 0.251 e. The van der Waals surface area contributed by atoms with E-state index in [-0.39, 0.29) is 5.91 Å². The van der Waals surface area contributed by atoms with Gasteiger partial charge < -0.3 is 31.2 Å². The Morgan fingerprint density at radius 2 is 0.823 bits per heavy atom. The molecule has 360 valence electrons. The van der Waals surface area contributed by atoms with Crippen LogP contribution in [0.15, 0.2) is 42.5 Å². The van der Waals surface area contributed by atoms with Crippen LogP contribution in [0.4, 0.5) is 0 Å². The molecule has 0 aromatic heterocycles. The quantitative estimate of drug-likeness (QED) is 0.0385. The molecule has 5 N–H and O–H groups in total. The van der Waals surface area contributed by atoms with Crippen LogP contribution in [0.3, 0.4) is 0 Å². The van der Waals surface area contributed by atoms with Gasteiger partial charge >= 0.3 is 0 Å². The highest BCUT2D eigenvalue weighted by Crippen LogP contribution is 2.29. The average molecular weight is 867 g/mol. The van der Waals surface area contributed by atoms with E-state index in [1.807, 2.05) is 18.2 Å². The third-order valence-electron chi connectivity index (χ3n) is 11.9. The number of amides is 1. The van der Waals surface area contributed by atoms with Gasteiger partial charge in [0.2, 0.25) is 0 Å². The van der Waals surface area contributed by atoms with Gasteiger partial charge in [-0.15, -0.1) is 0 Å². The Hall–Kier alpha value is -2.35. The molecule has 62 heavy (non-hydrogen) atoms. The van der Waals surface area contributed by atoms with Gasteiger partial charge in [0.05, 0.1) is 13.2 Å². The van der Waals surface area contributed by atoms with E-state index in [9.17, 15) is 4.79 Å². The second-order valence-electron chi connectivity index (χ2n) is 17.9. The van der Waals surface area contributed by atoms with Crippen molar-refractivity contribution < 1.29 is 14.3 Å². The number of carbonyl (C=O) groups excluding carboxylic acids is 1. The lowest BCUT2D eigenvalue weighted by atomic mass is 10.1. The molecular formula is C55H102N4O3.